The highest BCUT2D eigenvalue weighted by molar-refractivity contribution is 5.78. The van der Waals surface area contributed by atoms with E-state index < -0.39 is 0 Å². The van der Waals surface area contributed by atoms with Crippen molar-refractivity contribution in [2.75, 3.05) is 13.1 Å². The van der Waals surface area contributed by atoms with Gasteiger partial charge >= 0.3 is 0 Å². The number of ether oxygens (including phenoxy) is 1. The molecule has 1 amide bonds. The van der Waals surface area contributed by atoms with Crippen molar-refractivity contribution in [1.82, 2.24) is 14.9 Å². The van der Waals surface area contributed by atoms with Crippen LogP contribution in [-0.4, -0.2) is 40.0 Å². The zero-order valence-corrected chi connectivity index (χ0v) is 10.9. The van der Waals surface area contributed by atoms with E-state index >= 15 is 0 Å². The molecule has 0 aliphatic carbocycles. The van der Waals surface area contributed by atoms with Crippen LogP contribution in [0.15, 0.2) is 18.6 Å². The number of likely N-dealkylation sites (tertiary alicyclic amines) is 1. The van der Waals surface area contributed by atoms with Crippen LogP contribution >= 0.6 is 0 Å². The van der Waals surface area contributed by atoms with Crippen molar-refractivity contribution in [2.45, 2.75) is 32.8 Å². The van der Waals surface area contributed by atoms with Gasteiger partial charge in [0.2, 0.25) is 11.8 Å². The van der Waals surface area contributed by atoms with E-state index in [9.17, 15) is 4.79 Å². The predicted octanol–water partition coefficient (Wildman–Crippen LogP) is 1.50. The molecule has 18 heavy (non-hydrogen) atoms. The van der Waals surface area contributed by atoms with Gasteiger partial charge in [0.05, 0.1) is 6.20 Å². The molecule has 0 spiro atoms. The van der Waals surface area contributed by atoms with Gasteiger partial charge in [0.15, 0.2) is 0 Å². The highest BCUT2D eigenvalue weighted by atomic mass is 16.5. The van der Waals surface area contributed by atoms with Crippen molar-refractivity contribution in [3.63, 3.8) is 0 Å². The van der Waals surface area contributed by atoms with Crippen LogP contribution in [-0.2, 0) is 4.79 Å². The van der Waals surface area contributed by atoms with Gasteiger partial charge in [0, 0.05) is 44.2 Å². The molecule has 0 atom stereocenters. The first kappa shape index (κ1) is 12.8. The molecular weight excluding hydrogens is 230 g/mol. The molecule has 2 rings (SSSR count). The van der Waals surface area contributed by atoms with Gasteiger partial charge in [0.25, 0.3) is 0 Å². The van der Waals surface area contributed by atoms with Gasteiger partial charge in [-0.3, -0.25) is 9.78 Å². The van der Waals surface area contributed by atoms with Crippen molar-refractivity contribution < 1.29 is 9.53 Å². The van der Waals surface area contributed by atoms with E-state index in [1.807, 2.05) is 18.7 Å². The third-order valence-electron chi connectivity index (χ3n) is 3.07. The number of piperidine rings is 1. The molecule has 5 heteroatoms. The molecule has 0 radical (unpaired) electrons. The number of aromatic nitrogens is 2. The molecule has 0 unspecified atom stereocenters. The van der Waals surface area contributed by atoms with Crippen molar-refractivity contribution >= 4 is 5.91 Å². The fraction of sp³-hybridized carbons (Fsp3) is 0.615. The SMILES string of the molecule is CC(C)C(=O)N1CCC(Oc2cnccn2)CC1. The second kappa shape index (κ2) is 5.80. The van der Waals surface area contributed by atoms with Crippen LogP contribution < -0.4 is 4.74 Å². The quantitative estimate of drug-likeness (QED) is 0.814. The lowest BCUT2D eigenvalue weighted by Crippen LogP contribution is -2.43. The molecule has 1 fully saturated rings. The first-order valence-corrected chi connectivity index (χ1v) is 6.38. The van der Waals surface area contributed by atoms with Gasteiger partial charge in [-0.15, -0.1) is 0 Å². The Labute approximate surface area is 107 Å². The summed E-state index contributed by atoms with van der Waals surface area (Å²) in [5, 5.41) is 0. The summed E-state index contributed by atoms with van der Waals surface area (Å²) in [6, 6.07) is 0. The Morgan fingerprint density at radius 2 is 2.11 bits per heavy atom. The van der Waals surface area contributed by atoms with Crippen LogP contribution in [0.25, 0.3) is 0 Å². The molecule has 1 aromatic heterocycles. The first-order valence-electron chi connectivity index (χ1n) is 6.38. The Morgan fingerprint density at radius 1 is 1.39 bits per heavy atom. The number of carbonyl (C=O) groups is 1. The molecule has 98 valence electrons. The molecule has 2 heterocycles. The van der Waals surface area contributed by atoms with E-state index in [-0.39, 0.29) is 17.9 Å². The van der Waals surface area contributed by atoms with Crippen LogP contribution in [0.2, 0.25) is 0 Å². The lowest BCUT2D eigenvalue weighted by Gasteiger charge is -2.32. The van der Waals surface area contributed by atoms with Crippen LogP contribution in [0.4, 0.5) is 0 Å². The molecule has 0 N–H and O–H groups in total. The Morgan fingerprint density at radius 3 is 2.67 bits per heavy atom. The molecule has 0 saturated carbocycles. The molecule has 1 aliphatic rings. The number of nitrogens with zero attached hydrogens (tertiary/aromatic N) is 3. The Balaban J connectivity index is 1.82. The fourth-order valence-corrected chi connectivity index (χ4v) is 2.08. The zero-order chi connectivity index (χ0) is 13.0. The number of hydrogen-bond acceptors (Lipinski definition) is 4. The van der Waals surface area contributed by atoms with Crippen LogP contribution in [0.1, 0.15) is 26.7 Å². The molecule has 1 aliphatic heterocycles. The van der Waals surface area contributed by atoms with Gasteiger partial charge in [-0.2, -0.15) is 0 Å². The minimum atomic E-state index is 0.0717. The van der Waals surface area contributed by atoms with Crippen molar-refractivity contribution in [2.24, 2.45) is 5.92 Å². The predicted molar refractivity (Wildman–Crippen MR) is 67.1 cm³/mol. The van der Waals surface area contributed by atoms with E-state index in [0.29, 0.717) is 5.88 Å². The highest BCUT2D eigenvalue weighted by Gasteiger charge is 2.25. The highest BCUT2D eigenvalue weighted by Crippen LogP contribution is 2.17. The monoisotopic (exact) mass is 249 g/mol. The van der Waals surface area contributed by atoms with Crippen LogP contribution in [0.5, 0.6) is 5.88 Å². The van der Waals surface area contributed by atoms with E-state index in [1.54, 1.807) is 18.6 Å². The smallest absolute Gasteiger partial charge is 0.232 e. The summed E-state index contributed by atoms with van der Waals surface area (Å²) in [6.07, 6.45) is 6.71. The average Bonchev–Trinajstić information content (AvgIpc) is 2.40. The van der Waals surface area contributed by atoms with E-state index in [1.165, 1.54) is 0 Å². The summed E-state index contributed by atoms with van der Waals surface area (Å²) in [5.41, 5.74) is 0. The normalized spacial score (nSPS) is 16.9. The molecule has 1 saturated heterocycles. The second-order valence-corrected chi connectivity index (χ2v) is 4.84. The lowest BCUT2D eigenvalue weighted by atomic mass is 10.1. The summed E-state index contributed by atoms with van der Waals surface area (Å²) in [4.78, 5) is 21.8. The van der Waals surface area contributed by atoms with Gasteiger partial charge in [-0.05, 0) is 0 Å². The average molecular weight is 249 g/mol. The fourth-order valence-electron chi connectivity index (χ4n) is 2.08. The Kier molecular flexibility index (Phi) is 4.12. The number of hydrogen-bond donors (Lipinski definition) is 0. The van der Waals surface area contributed by atoms with Crippen molar-refractivity contribution in [3.05, 3.63) is 18.6 Å². The van der Waals surface area contributed by atoms with E-state index in [4.69, 9.17) is 4.74 Å². The first-order chi connectivity index (χ1) is 8.66. The summed E-state index contributed by atoms with van der Waals surface area (Å²) >= 11 is 0. The topological polar surface area (TPSA) is 55.3 Å². The second-order valence-electron chi connectivity index (χ2n) is 4.84. The van der Waals surface area contributed by atoms with Gasteiger partial charge < -0.3 is 9.64 Å². The summed E-state index contributed by atoms with van der Waals surface area (Å²) in [6.45, 7) is 5.40. The maximum absolute atomic E-state index is 11.8. The van der Waals surface area contributed by atoms with Crippen molar-refractivity contribution in [3.8, 4) is 5.88 Å². The standard InChI is InChI=1S/C13H19N3O2/c1-10(2)13(17)16-7-3-11(4-8-16)18-12-9-14-5-6-15-12/h5-6,9-11H,3-4,7-8H2,1-2H3. The minimum Gasteiger partial charge on any atom is -0.473 e. The zero-order valence-electron chi connectivity index (χ0n) is 10.9. The molecular formula is C13H19N3O2. The Hall–Kier alpha value is -1.65. The van der Waals surface area contributed by atoms with Gasteiger partial charge in [-0.1, -0.05) is 13.8 Å². The largest absolute Gasteiger partial charge is 0.473 e. The van der Waals surface area contributed by atoms with Crippen LogP contribution in [0.3, 0.4) is 0 Å². The van der Waals surface area contributed by atoms with E-state index in [2.05, 4.69) is 9.97 Å². The third kappa shape index (κ3) is 3.18. The molecule has 0 aromatic carbocycles. The van der Waals surface area contributed by atoms with Gasteiger partial charge in [0.1, 0.15) is 6.10 Å². The molecule has 5 nitrogen and oxygen atoms in total. The Bertz CT molecular complexity index is 386. The van der Waals surface area contributed by atoms with E-state index in [0.717, 1.165) is 25.9 Å². The number of amides is 1. The van der Waals surface area contributed by atoms with Crippen LogP contribution in [0, 0.1) is 5.92 Å². The molecule has 1 aromatic rings. The summed E-state index contributed by atoms with van der Waals surface area (Å²) in [7, 11) is 0. The third-order valence-corrected chi connectivity index (χ3v) is 3.07. The number of carbonyl (C=O) groups excluding carboxylic acids is 1. The minimum absolute atomic E-state index is 0.0717. The lowest BCUT2D eigenvalue weighted by molar-refractivity contribution is -0.136. The summed E-state index contributed by atoms with van der Waals surface area (Å²) in [5.74, 6) is 0.863. The van der Waals surface area contributed by atoms with Crippen molar-refractivity contribution in [1.29, 1.82) is 0 Å². The maximum atomic E-state index is 11.8. The maximum Gasteiger partial charge on any atom is 0.232 e. The molecule has 0 bridgehead atoms. The number of rotatable bonds is 3. The summed E-state index contributed by atoms with van der Waals surface area (Å²) < 4.78 is 5.73. The van der Waals surface area contributed by atoms with Gasteiger partial charge in [-0.25, -0.2) is 4.98 Å².